The van der Waals surface area contributed by atoms with Gasteiger partial charge in [0.2, 0.25) is 0 Å². The summed E-state index contributed by atoms with van der Waals surface area (Å²) in [5, 5.41) is 13.5. The Morgan fingerprint density at radius 1 is 1.22 bits per heavy atom. The Morgan fingerprint density at radius 3 is 2.74 bits per heavy atom. The van der Waals surface area contributed by atoms with Crippen LogP contribution >= 0.6 is 11.3 Å². The normalized spacial score (nSPS) is 24.0. The van der Waals surface area contributed by atoms with Crippen molar-refractivity contribution < 1.29 is 14.4 Å². The van der Waals surface area contributed by atoms with Gasteiger partial charge in [-0.2, -0.15) is 0 Å². The standard InChI is InChI=1S/C18H21N2O2S/c1-22-15-9-7-14(8-10-15)19-13-18(21,16-5-4-12-23-16)20-11-3-2-6-17(19)20/h4-5,7-10,12,21H,2-3,6,11,13H2,1H3/q+1. The highest BCUT2D eigenvalue weighted by molar-refractivity contribution is 7.10. The molecule has 4 nitrogen and oxygen atoms in total. The highest BCUT2D eigenvalue weighted by Gasteiger charge is 2.53. The summed E-state index contributed by atoms with van der Waals surface area (Å²) < 4.78 is 7.46. The maximum absolute atomic E-state index is 11.4. The minimum absolute atomic E-state index is 0.579. The average molecular weight is 329 g/mol. The van der Waals surface area contributed by atoms with Crippen molar-refractivity contribution in [2.24, 2.45) is 0 Å². The lowest BCUT2D eigenvalue weighted by Gasteiger charge is -2.22. The van der Waals surface area contributed by atoms with Crippen LogP contribution in [0.5, 0.6) is 5.75 Å². The summed E-state index contributed by atoms with van der Waals surface area (Å²) in [5.74, 6) is 2.09. The first kappa shape index (κ1) is 14.7. The molecule has 1 aromatic heterocycles. The van der Waals surface area contributed by atoms with Gasteiger partial charge in [0, 0.05) is 6.42 Å². The molecule has 0 saturated carbocycles. The van der Waals surface area contributed by atoms with Crippen LogP contribution in [-0.2, 0) is 5.72 Å². The van der Waals surface area contributed by atoms with Crippen molar-refractivity contribution in [2.75, 3.05) is 25.1 Å². The number of nitrogens with zero attached hydrogens (tertiary/aromatic N) is 2. The number of anilines is 1. The van der Waals surface area contributed by atoms with E-state index in [0.717, 1.165) is 35.7 Å². The molecule has 0 radical (unpaired) electrons. The van der Waals surface area contributed by atoms with Crippen molar-refractivity contribution in [1.82, 2.24) is 0 Å². The van der Waals surface area contributed by atoms with Crippen molar-refractivity contribution in [2.45, 2.75) is 25.0 Å². The zero-order chi connectivity index (χ0) is 15.9. The molecule has 3 heterocycles. The monoisotopic (exact) mass is 329 g/mol. The predicted molar refractivity (Wildman–Crippen MR) is 92.5 cm³/mol. The van der Waals surface area contributed by atoms with Gasteiger partial charge in [-0.05, 0) is 48.6 Å². The van der Waals surface area contributed by atoms with E-state index in [9.17, 15) is 5.11 Å². The minimum Gasteiger partial charge on any atom is -0.497 e. The SMILES string of the molecule is COc1ccc(N2CC(O)(c3cccs3)[N+]3=C2CCCC3)cc1. The van der Waals surface area contributed by atoms with Crippen LogP contribution in [-0.4, -0.2) is 35.7 Å². The summed E-state index contributed by atoms with van der Waals surface area (Å²) in [5.41, 5.74) is 0.198. The molecule has 2 aromatic rings. The summed E-state index contributed by atoms with van der Waals surface area (Å²) in [6, 6.07) is 12.1. The molecule has 2 aliphatic heterocycles. The zero-order valence-corrected chi connectivity index (χ0v) is 14.1. The lowest BCUT2D eigenvalue weighted by Crippen LogP contribution is -2.40. The van der Waals surface area contributed by atoms with E-state index >= 15 is 0 Å². The molecule has 0 saturated heterocycles. The molecule has 2 aliphatic rings. The second kappa shape index (κ2) is 5.65. The van der Waals surface area contributed by atoms with E-state index in [-0.39, 0.29) is 0 Å². The fourth-order valence-electron chi connectivity index (χ4n) is 3.61. The number of hydrogen-bond acceptors (Lipinski definition) is 4. The summed E-state index contributed by atoms with van der Waals surface area (Å²) in [6.07, 6.45) is 3.33. The third-order valence-corrected chi connectivity index (χ3v) is 5.79. The summed E-state index contributed by atoms with van der Waals surface area (Å²) in [4.78, 5) is 3.28. The highest BCUT2D eigenvalue weighted by Crippen LogP contribution is 2.37. The number of benzene rings is 1. The molecule has 4 rings (SSSR count). The van der Waals surface area contributed by atoms with Crippen molar-refractivity contribution in [3.8, 4) is 5.75 Å². The average Bonchev–Trinajstić information content (AvgIpc) is 3.23. The van der Waals surface area contributed by atoms with E-state index in [1.165, 1.54) is 12.3 Å². The van der Waals surface area contributed by atoms with Crippen molar-refractivity contribution >= 4 is 22.9 Å². The van der Waals surface area contributed by atoms with Crippen LogP contribution in [0.3, 0.4) is 0 Å². The van der Waals surface area contributed by atoms with Gasteiger partial charge in [0.05, 0.1) is 18.5 Å². The lowest BCUT2D eigenvalue weighted by molar-refractivity contribution is -0.660. The molecule has 0 spiro atoms. The van der Waals surface area contributed by atoms with E-state index in [2.05, 4.69) is 21.6 Å². The molecule has 5 heteroatoms. The Morgan fingerprint density at radius 2 is 2.04 bits per heavy atom. The Labute approximate surface area is 140 Å². The van der Waals surface area contributed by atoms with Gasteiger partial charge in [-0.3, -0.25) is 0 Å². The first-order valence-corrected chi connectivity index (χ1v) is 8.92. The Kier molecular flexibility index (Phi) is 3.62. The van der Waals surface area contributed by atoms with Gasteiger partial charge in [0.15, 0.2) is 6.54 Å². The molecule has 120 valence electrons. The van der Waals surface area contributed by atoms with Gasteiger partial charge in [-0.25, -0.2) is 9.48 Å². The molecule has 0 fully saturated rings. The maximum atomic E-state index is 11.4. The van der Waals surface area contributed by atoms with E-state index < -0.39 is 5.72 Å². The van der Waals surface area contributed by atoms with Crippen molar-refractivity contribution in [3.63, 3.8) is 0 Å². The molecule has 1 aromatic carbocycles. The topological polar surface area (TPSA) is 35.7 Å². The van der Waals surface area contributed by atoms with Crippen LogP contribution in [0.4, 0.5) is 5.69 Å². The lowest BCUT2D eigenvalue weighted by atomic mass is 10.1. The van der Waals surface area contributed by atoms with E-state index in [1.54, 1.807) is 18.4 Å². The van der Waals surface area contributed by atoms with Crippen LogP contribution in [0.15, 0.2) is 41.8 Å². The molecule has 23 heavy (non-hydrogen) atoms. The number of aliphatic hydroxyl groups is 1. The van der Waals surface area contributed by atoms with Crippen LogP contribution in [0.2, 0.25) is 0 Å². The fourth-order valence-corrected chi connectivity index (χ4v) is 4.44. The summed E-state index contributed by atoms with van der Waals surface area (Å²) in [7, 11) is 1.68. The first-order chi connectivity index (χ1) is 11.2. The van der Waals surface area contributed by atoms with Crippen molar-refractivity contribution in [1.29, 1.82) is 0 Å². The van der Waals surface area contributed by atoms with Gasteiger partial charge < -0.3 is 9.84 Å². The third-order valence-electron chi connectivity index (χ3n) is 4.78. The van der Waals surface area contributed by atoms with Crippen LogP contribution in [0.25, 0.3) is 0 Å². The molecule has 1 N–H and O–H groups in total. The second-order valence-electron chi connectivity index (χ2n) is 6.10. The Balaban J connectivity index is 1.75. The van der Waals surface area contributed by atoms with E-state index in [0.29, 0.717) is 6.54 Å². The van der Waals surface area contributed by atoms with Crippen LogP contribution in [0.1, 0.15) is 24.1 Å². The second-order valence-corrected chi connectivity index (χ2v) is 7.05. The summed E-state index contributed by atoms with van der Waals surface area (Å²) >= 11 is 1.63. The van der Waals surface area contributed by atoms with Crippen LogP contribution in [0, 0.1) is 0 Å². The quantitative estimate of drug-likeness (QED) is 0.879. The maximum Gasteiger partial charge on any atom is 0.280 e. The number of rotatable bonds is 3. The Hall–Kier alpha value is -1.85. The number of amidine groups is 1. The largest absolute Gasteiger partial charge is 0.497 e. The molecular formula is C18H21N2O2S+. The number of β-amino-alcohol motifs (C(OH)–C–C–N with tert-alkyl or cyclic N) is 1. The molecule has 1 unspecified atom stereocenters. The summed E-state index contributed by atoms with van der Waals surface area (Å²) in [6.45, 7) is 1.49. The smallest absolute Gasteiger partial charge is 0.280 e. The van der Waals surface area contributed by atoms with Gasteiger partial charge in [0.1, 0.15) is 11.4 Å². The molecular weight excluding hydrogens is 308 g/mol. The first-order valence-electron chi connectivity index (χ1n) is 8.04. The zero-order valence-electron chi connectivity index (χ0n) is 13.2. The molecule has 0 bridgehead atoms. The predicted octanol–water partition coefficient (Wildman–Crippen LogP) is 3.02. The van der Waals surface area contributed by atoms with Gasteiger partial charge in [-0.15, -0.1) is 11.3 Å². The highest BCUT2D eigenvalue weighted by atomic mass is 32.1. The molecule has 0 aliphatic carbocycles. The number of thiophene rings is 1. The third kappa shape index (κ3) is 2.35. The number of hydrogen-bond donors (Lipinski definition) is 1. The fraction of sp³-hybridized carbons (Fsp3) is 0.389. The van der Waals surface area contributed by atoms with Crippen LogP contribution < -0.4 is 9.64 Å². The van der Waals surface area contributed by atoms with Gasteiger partial charge in [0.25, 0.3) is 11.6 Å². The Bertz CT molecular complexity index is 724. The van der Waals surface area contributed by atoms with Crippen molar-refractivity contribution in [3.05, 3.63) is 46.7 Å². The molecule has 0 amide bonds. The number of methoxy groups -OCH3 is 1. The molecule has 1 atom stereocenters. The van der Waals surface area contributed by atoms with Gasteiger partial charge >= 0.3 is 0 Å². The van der Waals surface area contributed by atoms with Gasteiger partial charge in [-0.1, -0.05) is 6.07 Å². The van der Waals surface area contributed by atoms with E-state index in [1.807, 2.05) is 29.6 Å². The van der Waals surface area contributed by atoms with E-state index in [4.69, 9.17) is 4.74 Å². The number of ether oxygens (including phenoxy) is 1. The minimum atomic E-state index is -0.913.